The van der Waals surface area contributed by atoms with Crippen LogP contribution in [0.25, 0.3) is 10.8 Å². The first-order valence-electron chi connectivity index (χ1n) is 13.0. The average Bonchev–Trinajstić information content (AvgIpc) is 3.23. The minimum atomic E-state index is -0.438. The van der Waals surface area contributed by atoms with Gasteiger partial charge in [-0.3, -0.25) is 14.4 Å². The molecular weight excluding hydrogens is 440 g/mol. The zero-order valence-corrected chi connectivity index (χ0v) is 21.3. The number of hydrogen-bond acceptors (Lipinski definition) is 4. The number of fused-ring (bicyclic) bond motifs is 1. The maximum atomic E-state index is 13.2. The van der Waals surface area contributed by atoms with Gasteiger partial charge in [-0.25, -0.2) is 0 Å². The normalized spacial score (nSPS) is 22.5. The van der Waals surface area contributed by atoms with Crippen LogP contribution < -0.4 is 10.1 Å². The van der Waals surface area contributed by atoms with Crippen LogP contribution in [0.15, 0.2) is 36.4 Å². The number of methoxy groups -OCH3 is 1. The van der Waals surface area contributed by atoms with Crippen molar-refractivity contribution in [1.82, 2.24) is 10.2 Å². The highest BCUT2D eigenvalue weighted by Crippen LogP contribution is 2.35. The molecular formula is C29H38N2O4. The van der Waals surface area contributed by atoms with E-state index < -0.39 is 5.54 Å². The van der Waals surface area contributed by atoms with Crippen LogP contribution in [0.5, 0.6) is 5.75 Å². The Kier molecular flexibility index (Phi) is 7.78. The van der Waals surface area contributed by atoms with Crippen molar-refractivity contribution >= 4 is 28.4 Å². The number of Topliss-reactive ketones (excluding diaryl/α,β-unsaturated/α-hetero) is 1. The second kappa shape index (κ2) is 10.8. The molecule has 0 unspecified atom stereocenters. The first-order valence-corrected chi connectivity index (χ1v) is 13.0. The van der Waals surface area contributed by atoms with Crippen LogP contribution in [0, 0.1) is 11.8 Å². The molecule has 0 aliphatic carbocycles. The van der Waals surface area contributed by atoms with Crippen LogP contribution in [0.1, 0.15) is 64.4 Å². The number of likely N-dealkylation sites (tertiary alicyclic amines) is 1. The number of benzene rings is 2. The second-order valence-electron chi connectivity index (χ2n) is 10.7. The number of hydrogen-bond donors (Lipinski definition) is 1. The molecule has 2 aromatic rings. The largest absolute Gasteiger partial charge is 0.496 e. The summed E-state index contributed by atoms with van der Waals surface area (Å²) in [5, 5.41) is 5.38. The first kappa shape index (κ1) is 25.2. The van der Waals surface area contributed by atoms with E-state index in [1.54, 1.807) is 7.11 Å². The quantitative estimate of drug-likeness (QED) is 0.568. The van der Waals surface area contributed by atoms with E-state index in [0.717, 1.165) is 41.3 Å². The summed E-state index contributed by atoms with van der Waals surface area (Å²) in [6.07, 6.45) is 5.18. The van der Waals surface area contributed by atoms with E-state index in [1.165, 1.54) is 0 Å². The summed E-state index contributed by atoms with van der Waals surface area (Å²) in [4.78, 5) is 40.0. The van der Waals surface area contributed by atoms with Gasteiger partial charge in [-0.05, 0) is 55.0 Å². The van der Waals surface area contributed by atoms with Gasteiger partial charge in [0.15, 0.2) is 0 Å². The maximum Gasteiger partial charge on any atom is 0.222 e. The molecule has 4 rings (SSSR count). The highest BCUT2D eigenvalue weighted by molar-refractivity contribution is 5.91. The highest BCUT2D eigenvalue weighted by atomic mass is 16.5. The molecule has 0 bridgehead atoms. The highest BCUT2D eigenvalue weighted by Gasteiger charge is 2.39. The minimum absolute atomic E-state index is 0.0408. The summed E-state index contributed by atoms with van der Waals surface area (Å²) in [6.45, 7) is 5.37. The lowest BCUT2D eigenvalue weighted by Crippen LogP contribution is -2.46. The van der Waals surface area contributed by atoms with Gasteiger partial charge < -0.3 is 15.0 Å². The third-order valence-corrected chi connectivity index (χ3v) is 7.61. The van der Waals surface area contributed by atoms with Crippen molar-refractivity contribution in [2.75, 3.05) is 20.2 Å². The maximum absolute atomic E-state index is 13.2. The molecule has 0 aromatic heterocycles. The van der Waals surface area contributed by atoms with Gasteiger partial charge in [-0.2, -0.15) is 0 Å². The Balaban J connectivity index is 1.46. The van der Waals surface area contributed by atoms with Crippen LogP contribution in [-0.4, -0.2) is 48.2 Å². The third-order valence-electron chi connectivity index (χ3n) is 7.61. The minimum Gasteiger partial charge on any atom is -0.496 e. The number of carbonyl (C=O) groups excluding carboxylic acids is 3. The lowest BCUT2D eigenvalue weighted by atomic mass is 9.83. The van der Waals surface area contributed by atoms with Gasteiger partial charge in [-0.1, -0.05) is 44.2 Å². The van der Waals surface area contributed by atoms with E-state index in [2.05, 4.69) is 37.4 Å². The standard InChI is InChI=1S/C29H38N2O4/c1-20(2)17-25(32)22-7-6-16-31(19-22)28(34)13-15-29(14-12-27(33)30-29)18-21-10-11-26(35-3)24-9-5-4-8-23(21)24/h4-5,8-11,20,22H,6-7,12-19H2,1-3H3,(H,30,33)/t22-,29+/m0/s1. The molecule has 0 saturated carbocycles. The Hall–Kier alpha value is -2.89. The number of rotatable bonds is 9. The molecule has 2 atom stereocenters. The number of ether oxygens (including phenoxy) is 1. The van der Waals surface area contributed by atoms with Crippen molar-refractivity contribution in [3.05, 3.63) is 42.0 Å². The average molecular weight is 479 g/mol. The molecule has 2 amide bonds. The van der Waals surface area contributed by atoms with Crippen LogP contribution in [0.3, 0.4) is 0 Å². The van der Waals surface area contributed by atoms with Gasteiger partial charge in [0.25, 0.3) is 0 Å². The SMILES string of the molecule is COc1ccc(C[C@]2(CCC(=O)N3CCC[C@H](C(=O)CC(C)C)C3)CCC(=O)N2)c2ccccc12. The molecule has 188 valence electrons. The van der Waals surface area contributed by atoms with E-state index in [9.17, 15) is 14.4 Å². The smallest absolute Gasteiger partial charge is 0.222 e. The number of nitrogens with zero attached hydrogens (tertiary/aromatic N) is 1. The molecule has 0 radical (unpaired) electrons. The molecule has 6 nitrogen and oxygen atoms in total. The number of carbonyl (C=O) groups is 3. The summed E-state index contributed by atoms with van der Waals surface area (Å²) in [5.41, 5.74) is 0.709. The summed E-state index contributed by atoms with van der Waals surface area (Å²) in [6, 6.07) is 12.2. The zero-order chi connectivity index (χ0) is 25.0. The van der Waals surface area contributed by atoms with Crippen molar-refractivity contribution in [1.29, 1.82) is 0 Å². The Morgan fingerprint density at radius 1 is 1.17 bits per heavy atom. The Morgan fingerprint density at radius 2 is 1.94 bits per heavy atom. The lowest BCUT2D eigenvalue weighted by molar-refractivity contribution is -0.136. The lowest BCUT2D eigenvalue weighted by Gasteiger charge is -2.34. The summed E-state index contributed by atoms with van der Waals surface area (Å²) in [7, 11) is 1.67. The summed E-state index contributed by atoms with van der Waals surface area (Å²) >= 11 is 0. The second-order valence-corrected chi connectivity index (χ2v) is 10.7. The van der Waals surface area contributed by atoms with Gasteiger partial charge in [-0.15, -0.1) is 0 Å². The topological polar surface area (TPSA) is 75.7 Å². The van der Waals surface area contributed by atoms with Crippen LogP contribution in [0.2, 0.25) is 0 Å². The van der Waals surface area contributed by atoms with E-state index in [4.69, 9.17) is 4.74 Å². The molecule has 6 heteroatoms. The van der Waals surface area contributed by atoms with Crippen LogP contribution >= 0.6 is 0 Å². The Labute approximate surface area is 208 Å². The van der Waals surface area contributed by atoms with Crippen molar-refractivity contribution in [3.8, 4) is 5.75 Å². The predicted octanol–water partition coefficient (Wildman–Crippen LogP) is 4.67. The monoisotopic (exact) mass is 478 g/mol. The molecule has 2 aliphatic heterocycles. The Bertz CT molecular complexity index is 1100. The number of piperidine rings is 1. The number of nitrogens with one attached hydrogen (secondary N) is 1. The van der Waals surface area contributed by atoms with Crippen molar-refractivity contribution < 1.29 is 19.1 Å². The zero-order valence-electron chi connectivity index (χ0n) is 21.3. The molecule has 2 saturated heterocycles. The van der Waals surface area contributed by atoms with Gasteiger partial charge in [0, 0.05) is 49.2 Å². The molecule has 2 aromatic carbocycles. The fourth-order valence-electron chi connectivity index (χ4n) is 5.75. The van der Waals surface area contributed by atoms with Gasteiger partial charge in [0.1, 0.15) is 11.5 Å². The third kappa shape index (κ3) is 5.85. The van der Waals surface area contributed by atoms with Crippen LogP contribution in [-0.2, 0) is 20.8 Å². The number of amides is 2. The molecule has 1 N–H and O–H groups in total. The fourth-order valence-corrected chi connectivity index (χ4v) is 5.75. The molecule has 0 spiro atoms. The van der Waals surface area contributed by atoms with Crippen LogP contribution in [0.4, 0.5) is 0 Å². The first-order chi connectivity index (χ1) is 16.8. The van der Waals surface area contributed by atoms with E-state index in [1.807, 2.05) is 23.1 Å². The summed E-state index contributed by atoms with van der Waals surface area (Å²) in [5.74, 6) is 1.55. The Morgan fingerprint density at radius 3 is 2.63 bits per heavy atom. The molecule has 2 fully saturated rings. The van der Waals surface area contributed by atoms with E-state index in [-0.39, 0.29) is 23.5 Å². The van der Waals surface area contributed by atoms with Crippen molar-refractivity contribution in [2.45, 2.75) is 70.8 Å². The molecule has 2 aliphatic rings. The van der Waals surface area contributed by atoms with Gasteiger partial charge >= 0.3 is 0 Å². The van der Waals surface area contributed by atoms with E-state index >= 15 is 0 Å². The molecule has 35 heavy (non-hydrogen) atoms. The van der Waals surface area contributed by atoms with Gasteiger partial charge in [0.05, 0.1) is 7.11 Å². The predicted molar refractivity (Wildman–Crippen MR) is 137 cm³/mol. The summed E-state index contributed by atoms with van der Waals surface area (Å²) < 4.78 is 5.54. The van der Waals surface area contributed by atoms with Gasteiger partial charge in [0.2, 0.25) is 11.8 Å². The van der Waals surface area contributed by atoms with Crippen molar-refractivity contribution in [3.63, 3.8) is 0 Å². The van der Waals surface area contributed by atoms with Crippen molar-refractivity contribution in [2.24, 2.45) is 11.8 Å². The molecule has 2 heterocycles. The van der Waals surface area contributed by atoms with E-state index in [0.29, 0.717) is 51.1 Å². The fraction of sp³-hybridized carbons (Fsp3) is 0.552. The number of ketones is 1.